The Hall–Kier alpha value is -2.59. The van der Waals surface area contributed by atoms with E-state index in [4.69, 9.17) is 4.74 Å². The average molecular weight is 456 g/mol. The minimum atomic E-state index is -4.46. The predicted molar refractivity (Wildman–Crippen MR) is 108 cm³/mol. The number of halogens is 3. The lowest BCUT2D eigenvalue weighted by Crippen LogP contribution is -2.45. The van der Waals surface area contributed by atoms with Gasteiger partial charge in [-0.2, -0.15) is 17.5 Å². The van der Waals surface area contributed by atoms with Crippen LogP contribution in [0.5, 0.6) is 5.75 Å². The van der Waals surface area contributed by atoms with Crippen LogP contribution in [0.4, 0.5) is 13.2 Å². The fraction of sp³-hybridized carbons (Fsp3) is 0.381. The number of nitrogens with zero attached hydrogens (tertiary/aromatic N) is 1. The van der Waals surface area contributed by atoms with Gasteiger partial charge in [0.2, 0.25) is 15.9 Å². The van der Waals surface area contributed by atoms with Gasteiger partial charge in [0.25, 0.3) is 0 Å². The first-order valence-electron chi connectivity index (χ1n) is 9.69. The minimum Gasteiger partial charge on any atom is -0.497 e. The molecule has 6 nitrogen and oxygen atoms in total. The topological polar surface area (TPSA) is 75.7 Å². The highest BCUT2D eigenvalue weighted by atomic mass is 32.2. The molecule has 3 rings (SSSR count). The maximum atomic E-state index is 12.9. The Balaban J connectivity index is 1.64. The molecule has 2 aromatic rings. The normalized spacial score (nSPS) is 17.9. The molecule has 1 N–H and O–H groups in total. The van der Waals surface area contributed by atoms with Crippen LogP contribution in [0.25, 0.3) is 0 Å². The molecule has 1 amide bonds. The van der Waals surface area contributed by atoms with E-state index in [-0.39, 0.29) is 23.9 Å². The maximum Gasteiger partial charge on any atom is 0.416 e. The Morgan fingerprint density at radius 1 is 1.19 bits per heavy atom. The Morgan fingerprint density at radius 2 is 1.90 bits per heavy atom. The fourth-order valence-corrected chi connectivity index (χ4v) is 4.99. The molecule has 0 spiro atoms. The second kappa shape index (κ2) is 9.27. The first kappa shape index (κ1) is 23.1. The minimum absolute atomic E-state index is 0.0167. The van der Waals surface area contributed by atoms with E-state index in [0.29, 0.717) is 30.7 Å². The molecule has 10 heteroatoms. The van der Waals surface area contributed by atoms with Crippen LogP contribution in [-0.2, 0) is 27.5 Å². The van der Waals surface area contributed by atoms with E-state index in [2.05, 4.69) is 5.32 Å². The molecular weight excluding hydrogens is 433 g/mol. The molecule has 0 saturated carbocycles. The molecule has 0 aromatic heterocycles. The summed E-state index contributed by atoms with van der Waals surface area (Å²) in [5.74, 6) is -0.427. The number of rotatable bonds is 6. The van der Waals surface area contributed by atoms with Crippen molar-refractivity contribution in [3.63, 3.8) is 0 Å². The summed E-state index contributed by atoms with van der Waals surface area (Å²) in [5, 5.41) is 2.63. The largest absolute Gasteiger partial charge is 0.497 e. The molecule has 31 heavy (non-hydrogen) atoms. The molecule has 1 saturated heterocycles. The van der Waals surface area contributed by atoms with Crippen molar-refractivity contribution in [1.29, 1.82) is 0 Å². The molecule has 0 unspecified atom stereocenters. The molecule has 0 radical (unpaired) electrons. The summed E-state index contributed by atoms with van der Waals surface area (Å²) in [6.45, 7) is 0.249. The molecule has 0 bridgehead atoms. The number of amides is 1. The number of ether oxygens (including phenoxy) is 1. The number of piperidine rings is 1. The summed E-state index contributed by atoms with van der Waals surface area (Å²) in [7, 11) is -2.29. The highest BCUT2D eigenvalue weighted by molar-refractivity contribution is 7.89. The van der Waals surface area contributed by atoms with Gasteiger partial charge in [0.05, 0.1) is 23.5 Å². The van der Waals surface area contributed by atoms with Gasteiger partial charge in [0.15, 0.2) is 0 Å². The van der Waals surface area contributed by atoms with Gasteiger partial charge in [-0.05, 0) is 54.8 Å². The van der Waals surface area contributed by atoms with Crippen molar-refractivity contribution < 1.29 is 31.1 Å². The maximum absolute atomic E-state index is 12.9. The van der Waals surface area contributed by atoms with Crippen LogP contribution in [0.15, 0.2) is 53.4 Å². The van der Waals surface area contributed by atoms with E-state index in [1.165, 1.54) is 35.7 Å². The van der Waals surface area contributed by atoms with Gasteiger partial charge in [-0.25, -0.2) is 8.42 Å². The van der Waals surface area contributed by atoms with Crippen molar-refractivity contribution in [1.82, 2.24) is 9.62 Å². The SMILES string of the molecule is COc1ccc(S(=O)(=O)N2CCC[C@@H](C(=O)NCc3cccc(C(F)(F)F)c3)C2)cc1. The Labute approximate surface area is 179 Å². The zero-order chi connectivity index (χ0) is 22.6. The average Bonchev–Trinajstić information content (AvgIpc) is 2.77. The third-order valence-corrected chi connectivity index (χ3v) is 7.05. The first-order valence-corrected chi connectivity index (χ1v) is 11.1. The quantitative estimate of drug-likeness (QED) is 0.723. The van der Waals surface area contributed by atoms with Crippen molar-refractivity contribution in [3.05, 3.63) is 59.7 Å². The van der Waals surface area contributed by atoms with Gasteiger partial charge in [-0.15, -0.1) is 0 Å². The van der Waals surface area contributed by atoms with Crippen LogP contribution in [0.2, 0.25) is 0 Å². The lowest BCUT2D eigenvalue weighted by atomic mass is 9.98. The van der Waals surface area contributed by atoms with Gasteiger partial charge >= 0.3 is 6.18 Å². The third kappa shape index (κ3) is 5.56. The molecule has 1 fully saturated rings. The molecule has 1 heterocycles. The van der Waals surface area contributed by atoms with E-state index in [1.807, 2.05) is 0 Å². The molecular formula is C21H23F3N2O4S. The lowest BCUT2D eigenvalue weighted by molar-refractivity contribution is -0.137. The van der Waals surface area contributed by atoms with E-state index in [9.17, 15) is 26.4 Å². The monoisotopic (exact) mass is 456 g/mol. The highest BCUT2D eigenvalue weighted by Crippen LogP contribution is 2.29. The number of hydrogen-bond donors (Lipinski definition) is 1. The van der Waals surface area contributed by atoms with Crippen LogP contribution in [0.1, 0.15) is 24.0 Å². The first-order chi connectivity index (χ1) is 14.6. The summed E-state index contributed by atoms with van der Waals surface area (Å²) in [4.78, 5) is 12.7. The third-order valence-electron chi connectivity index (χ3n) is 5.17. The fourth-order valence-electron chi connectivity index (χ4n) is 3.46. The van der Waals surface area contributed by atoms with E-state index < -0.39 is 27.7 Å². The van der Waals surface area contributed by atoms with Crippen LogP contribution < -0.4 is 10.1 Å². The van der Waals surface area contributed by atoms with Gasteiger partial charge in [-0.1, -0.05) is 12.1 Å². The van der Waals surface area contributed by atoms with Crippen molar-refractivity contribution in [2.45, 2.75) is 30.5 Å². The van der Waals surface area contributed by atoms with Gasteiger partial charge in [0.1, 0.15) is 5.75 Å². The van der Waals surface area contributed by atoms with Crippen molar-refractivity contribution in [3.8, 4) is 5.75 Å². The second-order valence-electron chi connectivity index (χ2n) is 7.29. The molecule has 1 aliphatic heterocycles. The standard InChI is InChI=1S/C21H23F3N2O4S/c1-30-18-7-9-19(10-8-18)31(28,29)26-11-3-5-16(14-26)20(27)25-13-15-4-2-6-17(12-15)21(22,23)24/h2,4,6-10,12,16H,3,5,11,13-14H2,1H3,(H,25,27)/t16-/m1/s1. The zero-order valence-corrected chi connectivity index (χ0v) is 17.7. The number of sulfonamides is 1. The number of carbonyl (C=O) groups excluding carboxylic acids is 1. The van der Waals surface area contributed by atoms with Crippen molar-refractivity contribution in [2.75, 3.05) is 20.2 Å². The van der Waals surface area contributed by atoms with Crippen LogP contribution in [0, 0.1) is 5.92 Å². The number of hydrogen-bond acceptors (Lipinski definition) is 4. The number of nitrogens with one attached hydrogen (secondary N) is 1. The Kier molecular flexibility index (Phi) is 6.90. The van der Waals surface area contributed by atoms with Gasteiger partial charge in [-0.3, -0.25) is 4.79 Å². The van der Waals surface area contributed by atoms with Crippen LogP contribution in [0.3, 0.4) is 0 Å². The van der Waals surface area contributed by atoms with Crippen molar-refractivity contribution >= 4 is 15.9 Å². The van der Waals surface area contributed by atoms with Gasteiger partial charge in [0, 0.05) is 19.6 Å². The summed E-state index contributed by atoms with van der Waals surface area (Å²) in [6.07, 6.45) is -3.44. The Morgan fingerprint density at radius 3 is 2.55 bits per heavy atom. The summed E-state index contributed by atoms with van der Waals surface area (Å²) in [5.41, 5.74) is -0.463. The summed E-state index contributed by atoms with van der Waals surface area (Å²) < 4.78 is 70.7. The second-order valence-corrected chi connectivity index (χ2v) is 9.23. The number of alkyl halides is 3. The number of benzene rings is 2. The van der Waals surface area contributed by atoms with Crippen LogP contribution in [-0.4, -0.2) is 38.8 Å². The Bertz CT molecular complexity index is 1020. The van der Waals surface area contributed by atoms with E-state index >= 15 is 0 Å². The van der Waals surface area contributed by atoms with E-state index in [1.54, 1.807) is 12.1 Å². The van der Waals surface area contributed by atoms with Crippen LogP contribution >= 0.6 is 0 Å². The smallest absolute Gasteiger partial charge is 0.416 e. The lowest BCUT2D eigenvalue weighted by Gasteiger charge is -2.31. The highest BCUT2D eigenvalue weighted by Gasteiger charge is 2.33. The van der Waals surface area contributed by atoms with Gasteiger partial charge < -0.3 is 10.1 Å². The van der Waals surface area contributed by atoms with E-state index in [0.717, 1.165) is 12.1 Å². The molecule has 0 aliphatic carbocycles. The summed E-state index contributed by atoms with van der Waals surface area (Å²) in [6, 6.07) is 10.7. The molecule has 2 aromatic carbocycles. The number of carbonyl (C=O) groups is 1. The zero-order valence-electron chi connectivity index (χ0n) is 16.9. The predicted octanol–water partition coefficient (Wildman–Crippen LogP) is 3.43. The van der Waals surface area contributed by atoms with Crippen molar-refractivity contribution in [2.24, 2.45) is 5.92 Å². The molecule has 168 valence electrons. The molecule has 1 atom stereocenters. The number of methoxy groups -OCH3 is 1. The summed E-state index contributed by atoms with van der Waals surface area (Å²) >= 11 is 0. The molecule has 1 aliphatic rings.